The number of benzene rings is 2. The first kappa shape index (κ1) is 18.2. The number of nitro groups is 1. The van der Waals surface area contributed by atoms with Gasteiger partial charge in [-0.15, -0.1) is 0 Å². The second-order valence-electron chi connectivity index (χ2n) is 4.89. The third-order valence-corrected chi connectivity index (χ3v) is 3.13. The number of nitrogens with one attached hydrogen (secondary N) is 1. The van der Waals surface area contributed by atoms with E-state index in [0.717, 1.165) is 6.07 Å². The van der Waals surface area contributed by atoms with Gasteiger partial charge >= 0.3 is 0 Å². The van der Waals surface area contributed by atoms with Gasteiger partial charge in [0.25, 0.3) is 11.6 Å². The molecule has 0 unspecified atom stereocenters. The Morgan fingerprint density at radius 3 is 2.32 bits per heavy atom. The number of rotatable bonds is 5. The topological polar surface area (TPSA) is 81.5 Å². The van der Waals surface area contributed by atoms with Crippen LogP contribution in [0.2, 0.25) is 0 Å². The molecule has 0 fully saturated rings. The Balaban J connectivity index is 2.12. The van der Waals surface area contributed by atoms with Crippen LogP contribution in [-0.2, 0) is 4.79 Å². The van der Waals surface area contributed by atoms with Crippen LogP contribution >= 0.6 is 0 Å². The van der Waals surface area contributed by atoms with E-state index in [1.54, 1.807) is 6.92 Å². The highest BCUT2D eigenvalue weighted by Gasteiger charge is 2.21. The smallest absolute Gasteiger partial charge is 0.271 e. The molecule has 0 saturated heterocycles. The van der Waals surface area contributed by atoms with E-state index in [-0.39, 0.29) is 17.4 Å². The molecule has 0 aliphatic rings. The van der Waals surface area contributed by atoms with E-state index >= 15 is 0 Å². The number of halogens is 4. The number of nitro benzene ring substituents is 1. The molecule has 10 heteroatoms. The molecular weight excluding hydrogens is 348 g/mol. The summed E-state index contributed by atoms with van der Waals surface area (Å²) in [6.07, 6.45) is 0. The Hall–Kier alpha value is -3.17. The molecule has 2 rings (SSSR count). The monoisotopic (exact) mass is 358 g/mol. The van der Waals surface area contributed by atoms with E-state index in [1.165, 1.54) is 12.1 Å². The number of anilines is 1. The van der Waals surface area contributed by atoms with Crippen LogP contribution in [0.4, 0.5) is 28.9 Å². The lowest BCUT2D eigenvalue weighted by Crippen LogP contribution is -2.21. The van der Waals surface area contributed by atoms with Crippen LogP contribution in [0.1, 0.15) is 5.56 Å². The minimum Gasteiger partial charge on any atom is -0.477 e. The van der Waals surface area contributed by atoms with Gasteiger partial charge in [0.1, 0.15) is 0 Å². The molecule has 0 saturated carbocycles. The van der Waals surface area contributed by atoms with Crippen molar-refractivity contribution < 1.29 is 32.0 Å². The van der Waals surface area contributed by atoms with Crippen LogP contribution in [0, 0.1) is 40.3 Å². The van der Waals surface area contributed by atoms with Crippen LogP contribution in [0.15, 0.2) is 24.3 Å². The average molecular weight is 358 g/mol. The quantitative estimate of drug-likeness (QED) is 0.384. The number of amides is 1. The van der Waals surface area contributed by atoms with Gasteiger partial charge in [-0.1, -0.05) is 6.07 Å². The van der Waals surface area contributed by atoms with Crippen molar-refractivity contribution in [2.75, 3.05) is 11.9 Å². The van der Waals surface area contributed by atoms with E-state index < -0.39 is 46.5 Å². The number of hydrogen-bond donors (Lipinski definition) is 1. The molecule has 0 radical (unpaired) electrons. The summed E-state index contributed by atoms with van der Waals surface area (Å²) >= 11 is 0. The number of non-ortho nitro benzene ring substituents is 1. The molecule has 1 amide bonds. The number of carbonyl (C=O) groups is 1. The van der Waals surface area contributed by atoms with Gasteiger partial charge < -0.3 is 10.1 Å². The lowest BCUT2D eigenvalue weighted by molar-refractivity contribution is -0.384. The summed E-state index contributed by atoms with van der Waals surface area (Å²) in [4.78, 5) is 21.8. The first-order valence-corrected chi connectivity index (χ1v) is 6.71. The standard InChI is InChI=1S/C15H10F4N2O4/c1-7-2-3-8(21(23)24)4-11(7)20-12(22)6-25-15-13(18)9(16)5-10(17)14(15)19/h2-5H,6H2,1H3,(H,20,22). The number of nitrogens with zero attached hydrogens (tertiary/aromatic N) is 1. The van der Waals surface area contributed by atoms with Gasteiger partial charge in [-0.05, 0) is 12.5 Å². The number of ether oxygens (including phenoxy) is 1. The summed E-state index contributed by atoms with van der Waals surface area (Å²) in [5.74, 6) is -9.22. The summed E-state index contributed by atoms with van der Waals surface area (Å²) in [5.41, 5.74) is 0.272. The summed E-state index contributed by atoms with van der Waals surface area (Å²) < 4.78 is 57.4. The molecule has 0 aliphatic heterocycles. The molecule has 1 N–H and O–H groups in total. The van der Waals surface area contributed by atoms with Gasteiger partial charge in [-0.2, -0.15) is 8.78 Å². The normalized spacial score (nSPS) is 10.4. The zero-order valence-electron chi connectivity index (χ0n) is 12.6. The maximum atomic E-state index is 13.4. The van der Waals surface area contributed by atoms with Crippen molar-refractivity contribution in [2.24, 2.45) is 0 Å². The van der Waals surface area contributed by atoms with Gasteiger partial charge in [0.15, 0.2) is 24.0 Å². The summed E-state index contributed by atoms with van der Waals surface area (Å²) in [7, 11) is 0. The maximum absolute atomic E-state index is 13.4. The van der Waals surface area contributed by atoms with E-state index in [2.05, 4.69) is 10.1 Å². The largest absolute Gasteiger partial charge is 0.477 e. The summed E-state index contributed by atoms with van der Waals surface area (Å²) in [5, 5.41) is 13.0. The lowest BCUT2D eigenvalue weighted by atomic mass is 10.2. The number of hydrogen-bond acceptors (Lipinski definition) is 4. The fraction of sp³-hybridized carbons (Fsp3) is 0.133. The van der Waals surface area contributed by atoms with Crippen LogP contribution in [0.5, 0.6) is 5.75 Å². The summed E-state index contributed by atoms with van der Waals surface area (Å²) in [6.45, 7) is 0.584. The fourth-order valence-corrected chi connectivity index (χ4v) is 1.86. The average Bonchev–Trinajstić information content (AvgIpc) is 2.54. The van der Waals surface area contributed by atoms with E-state index in [1.807, 2.05) is 0 Å². The Labute approximate surface area is 138 Å². The Kier molecular flexibility index (Phi) is 5.20. The maximum Gasteiger partial charge on any atom is 0.271 e. The molecule has 0 aromatic heterocycles. The molecule has 0 spiro atoms. The zero-order valence-corrected chi connectivity index (χ0v) is 12.6. The number of aryl methyl sites for hydroxylation is 1. The van der Waals surface area contributed by atoms with Gasteiger partial charge in [0.2, 0.25) is 11.6 Å². The molecule has 2 aromatic carbocycles. The first-order valence-electron chi connectivity index (χ1n) is 6.71. The van der Waals surface area contributed by atoms with Crippen LogP contribution in [0.3, 0.4) is 0 Å². The molecule has 0 bridgehead atoms. The van der Waals surface area contributed by atoms with Crippen LogP contribution in [-0.4, -0.2) is 17.4 Å². The molecule has 0 atom stereocenters. The van der Waals surface area contributed by atoms with Gasteiger partial charge in [0, 0.05) is 18.2 Å². The third-order valence-electron chi connectivity index (χ3n) is 3.13. The zero-order chi connectivity index (χ0) is 18.7. The first-order chi connectivity index (χ1) is 11.7. The Bertz CT molecular complexity index is 832. The lowest BCUT2D eigenvalue weighted by Gasteiger charge is -2.11. The van der Waals surface area contributed by atoms with Crippen molar-refractivity contribution in [1.82, 2.24) is 0 Å². The van der Waals surface area contributed by atoms with Crippen molar-refractivity contribution >= 4 is 17.3 Å². The van der Waals surface area contributed by atoms with Crippen molar-refractivity contribution in [3.63, 3.8) is 0 Å². The Morgan fingerprint density at radius 1 is 1.16 bits per heavy atom. The highest BCUT2D eigenvalue weighted by atomic mass is 19.2. The van der Waals surface area contributed by atoms with Gasteiger partial charge in [-0.25, -0.2) is 8.78 Å². The van der Waals surface area contributed by atoms with Crippen molar-refractivity contribution in [3.05, 3.63) is 63.2 Å². The van der Waals surface area contributed by atoms with Crippen LogP contribution < -0.4 is 10.1 Å². The minimum absolute atomic E-state index is 0.00403. The highest BCUT2D eigenvalue weighted by molar-refractivity contribution is 5.93. The molecule has 6 nitrogen and oxygen atoms in total. The van der Waals surface area contributed by atoms with Gasteiger partial charge in [0.05, 0.1) is 10.6 Å². The van der Waals surface area contributed by atoms with E-state index in [0.29, 0.717) is 5.56 Å². The number of carbonyl (C=O) groups excluding carboxylic acids is 1. The predicted octanol–water partition coefficient (Wildman–Crippen LogP) is 3.48. The highest BCUT2D eigenvalue weighted by Crippen LogP contribution is 2.26. The summed E-state index contributed by atoms with van der Waals surface area (Å²) in [6, 6.07) is 3.69. The fourth-order valence-electron chi connectivity index (χ4n) is 1.86. The third kappa shape index (κ3) is 4.03. The molecule has 0 heterocycles. The molecule has 132 valence electrons. The van der Waals surface area contributed by atoms with Gasteiger partial charge in [-0.3, -0.25) is 14.9 Å². The van der Waals surface area contributed by atoms with E-state index in [9.17, 15) is 32.5 Å². The Morgan fingerprint density at radius 2 is 1.76 bits per heavy atom. The minimum atomic E-state index is -1.78. The van der Waals surface area contributed by atoms with E-state index in [4.69, 9.17) is 0 Å². The second kappa shape index (κ2) is 7.16. The van der Waals surface area contributed by atoms with Crippen molar-refractivity contribution in [1.29, 1.82) is 0 Å². The van der Waals surface area contributed by atoms with Crippen molar-refractivity contribution in [3.8, 4) is 5.75 Å². The van der Waals surface area contributed by atoms with Crippen molar-refractivity contribution in [2.45, 2.75) is 6.92 Å². The SMILES string of the molecule is Cc1ccc([N+](=O)[O-])cc1NC(=O)COc1c(F)c(F)cc(F)c1F. The second-order valence-corrected chi connectivity index (χ2v) is 4.89. The van der Waals surface area contributed by atoms with Crippen LogP contribution in [0.25, 0.3) is 0 Å². The molecule has 2 aromatic rings. The molecule has 0 aliphatic carbocycles. The molecule has 25 heavy (non-hydrogen) atoms. The predicted molar refractivity (Wildman–Crippen MR) is 78.2 cm³/mol. The molecular formula is C15H10F4N2O4.